The number of carbonyl (C=O) groups excluding carboxylic acids is 6. The van der Waals surface area contributed by atoms with Crippen LogP contribution < -0.4 is 49.1 Å². The van der Waals surface area contributed by atoms with Crippen molar-refractivity contribution in [1.29, 1.82) is 0 Å². The molecule has 18 heteroatoms. The van der Waals surface area contributed by atoms with Gasteiger partial charge in [-0.25, -0.2) is 0 Å². The number of benzene rings is 6. The summed E-state index contributed by atoms with van der Waals surface area (Å²) in [4.78, 5) is 92.8. The summed E-state index contributed by atoms with van der Waals surface area (Å²) in [6.45, 7) is 7.40. The van der Waals surface area contributed by atoms with Crippen molar-refractivity contribution < 1.29 is 28.8 Å². The van der Waals surface area contributed by atoms with Crippen molar-refractivity contribution in [2.45, 2.75) is 122 Å². The molecule has 15 N–H and O–H groups in total. The molecule has 6 amide bonds. The van der Waals surface area contributed by atoms with E-state index in [0.717, 1.165) is 82.8 Å². The van der Waals surface area contributed by atoms with Gasteiger partial charge in [-0.1, -0.05) is 72.8 Å². The summed E-state index contributed by atoms with van der Waals surface area (Å²) in [6, 6.07) is 38.0. The minimum atomic E-state index is -0.810. The first kappa shape index (κ1) is 63.2. The number of aromatic nitrogens is 3. The molecule has 9 rings (SSSR count). The molecule has 0 bridgehead atoms. The minimum Gasteiger partial charge on any atom is -0.361 e. The van der Waals surface area contributed by atoms with E-state index < -0.39 is 18.1 Å². The molecule has 458 valence electrons. The van der Waals surface area contributed by atoms with Crippen LogP contribution in [0.1, 0.15) is 114 Å². The van der Waals surface area contributed by atoms with Crippen LogP contribution >= 0.6 is 0 Å². The summed E-state index contributed by atoms with van der Waals surface area (Å²) < 4.78 is 0. The summed E-state index contributed by atoms with van der Waals surface area (Å²) in [5.74, 6) is -2.25. The molecule has 0 aliphatic rings. The number of unbranched alkanes of at least 4 members (excludes halogenated alkanes) is 3. The predicted octanol–water partition coefficient (Wildman–Crippen LogP) is 9.62. The topological polar surface area (TPSA) is 300 Å². The van der Waals surface area contributed by atoms with Crippen molar-refractivity contribution in [2.75, 3.05) is 35.6 Å². The number of H-pyrrole nitrogens is 3. The highest BCUT2D eigenvalue weighted by molar-refractivity contribution is 6.01. The quantitative estimate of drug-likeness (QED) is 0.0150. The van der Waals surface area contributed by atoms with Crippen LogP contribution in [0.2, 0.25) is 0 Å². The molecule has 0 aliphatic heterocycles. The van der Waals surface area contributed by atoms with Crippen molar-refractivity contribution in [3.05, 3.63) is 196 Å². The fourth-order valence-corrected chi connectivity index (χ4v) is 11.9. The molecule has 18 nitrogen and oxygen atoms in total. The number of hydrogen-bond donors (Lipinski definition) is 12. The number of amides is 6. The van der Waals surface area contributed by atoms with Gasteiger partial charge < -0.3 is 64.1 Å². The van der Waals surface area contributed by atoms with E-state index in [1.807, 2.05) is 167 Å². The Balaban J connectivity index is 0.932. The molecule has 0 saturated carbocycles. The number of aryl methyl sites for hydroxylation is 3. The van der Waals surface area contributed by atoms with Crippen LogP contribution in [0.3, 0.4) is 0 Å². The Hall–Kier alpha value is -9.36. The molecule has 0 radical (unpaired) electrons. The SMILES string of the molecule is Cc1cccc2[nH]cc(CC(=O)N[C@@H](CCCCN)C(=O)Nc3ccc(C(c4ccc(NC(=O)[C@H](CCCCN)NC(=O)Cc5c[nH]c6cccc(C)c56)cc4)c4ccc(NC(=O)[C@H](CCCCN)NC(=O)Cc5c[nH]c6cccc(C)c56)cc4)cc3)c12. The van der Waals surface area contributed by atoms with Gasteiger partial charge in [0.05, 0.1) is 19.3 Å². The molecule has 9 aromatic rings. The van der Waals surface area contributed by atoms with Crippen LogP contribution in [-0.4, -0.2) is 88.2 Å². The third-order valence-corrected chi connectivity index (χ3v) is 16.4. The Morgan fingerprint density at radius 3 is 0.909 bits per heavy atom. The molecule has 0 saturated heterocycles. The van der Waals surface area contributed by atoms with Crippen LogP contribution in [-0.2, 0) is 48.0 Å². The van der Waals surface area contributed by atoms with Gasteiger partial charge in [-0.15, -0.1) is 0 Å². The number of carbonyl (C=O) groups is 6. The zero-order valence-electron chi connectivity index (χ0n) is 50.5. The lowest BCUT2D eigenvalue weighted by Gasteiger charge is -2.22. The van der Waals surface area contributed by atoms with Gasteiger partial charge in [0.15, 0.2) is 0 Å². The van der Waals surface area contributed by atoms with Crippen molar-refractivity contribution in [3.63, 3.8) is 0 Å². The first-order valence-electron chi connectivity index (χ1n) is 30.6. The second-order valence-corrected chi connectivity index (χ2v) is 22.9. The maximum Gasteiger partial charge on any atom is 0.246 e. The highest BCUT2D eigenvalue weighted by Gasteiger charge is 2.27. The van der Waals surface area contributed by atoms with Crippen LogP contribution in [0.25, 0.3) is 32.7 Å². The summed E-state index contributed by atoms with van der Waals surface area (Å²) in [7, 11) is 0. The van der Waals surface area contributed by atoms with E-state index in [1.54, 1.807) is 0 Å². The molecule has 3 heterocycles. The fraction of sp³-hybridized carbons (Fsp3) is 0.314. The number of hydrogen-bond acceptors (Lipinski definition) is 9. The smallest absolute Gasteiger partial charge is 0.246 e. The lowest BCUT2D eigenvalue weighted by Crippen LogP contribution is -2.44. The summed E-state index contributed by atoms with van der Waals surface area (Å²) >= 11 is 0. The van der Waals surface area contributed by atoms with E-state index in [0.29, 0.717) is 94.5 Å². The number of rotatable bonds is 30. The second-order valence-electron chi connectivity index (χ2n) is 22.9. The Morgan fingerprint density at radius 2 is 0.648 bits per heavy atom. The minimum absolute atomic E-state index is 0.101. The van der Waals surface area contributed by atoms with E-state index in [-0.39, 0.29) is 60.6 Å². The van der Waals surface area contributed by atoms with Gasteiger partial charge in [-0.3, -0.25) is 28.8 Å². The zero-order chi connectivity index (χ0) is 62.1. The maximum absolute atomic E-state index is 14.1. The average Bonchev–Trinajstić information content (AvgIpc) is 2.89. The van der Waals surface area contributed by atoms with Crippen molar-refractivity contribution >= 4 is 85.2 Å². The van der Waals surface area contributed by atoms with Gasteiger partial charge in [0.25, 0.3) is 0 Å². The number of anilines is 3. The second kappa shape index (κ2) is 30.3. The molecule has 0 spiro atoms. The van der Waals surface area contributed by atoms with E-state index in [9.17, 15) is 28.8 Å². The van der Waals surface area contributed by atoms with E-state index in [2.05, 4.69) is 46.9 Å². The zero-order valence-corrected chi connectivity index (χ0v) is 50.5. The molecular weight excluding hydrogens is 1100 g/mol. The largest absolute Gasteiger partial charge is 0.361 e. The van der Waals surface area contributed by atoms with Gasteiger partial charge in [-0.2, -0.15) is 0 Å². The maximum atomic E-state index is 14.1. The molecule has 3 atom stereocenters. The summed E-state index contributed by atoms with van der Waals surface area (Å²) in [6.07, 6.45) is 11.0. The monoisotopic (exact) mass is 1190 g/mol. The van der Waals surface area contributed by atoms with Gasteiger partial charge >= 0.3 is 0 Å². The third kappa shape index (κ3) is 16.2. The Morgan fingerprint density at radius 1 is 0.375 bits per heavy atom. The lowest BCUT2D eigenvalue weighted by atomic mass is 9.85. The van der Waals surface area contributed by atoms with Crippen molar-refractivity contribution in [1.82, 2.24) is 30.9 Å². The molecular formula is C70H82N12O6. The van der Waals surface area contributed by atoms with E-state index in [4.69, 9.17) is 17.2 Å². The summed E-state index contributed by atoms with van der Waals surface area (Å²) in [5, 5.41) is 21.1. The first-order valence-corrected chi connectivity index (χ1v) is 30.6. The number of fused-ring (bicyclic) bond motifs is 3. The van der Waals surface area contributed by atoms with Crippen molar-refractivity contribution in [3.8, 4) is 0 Å². The third-order valence-electron chi connectivity index (χ3n) is 16.4. The highest BCUT2D eigenvalue weighted by Crippen LogP contribution is 2.35. The predicted molar refractivity (Wildman–Crippen MR) is 351 cm³/mol. The Labute approximate surface area is 513 Å². The van der Waals surface area contributed by atoms with Crippen LogP contribution in [0.5, 0.6) is 0 Å². The molecule has 3 aromatic heterocycles. The molecule has 6 aromatic carbocycles. The van der Waals surface area contributed by atoms with E-state index in [1.165, 1.54) is 0 Å². The van der Waals surface area contributed by atoms with Gasteiger partial charge in [-0.05, 0) is 203 Å². The number of nitrogens with one attached hydrogen (secondary N) is 9. The van der Waals surface area contributed by atoms with E-state index >= 15 is 0 Å². The lowest BCUT2D eigenvalue weighted by molar-refractivity contribution is -0.126. The Bertz CT molecular complexity index is 3470. The van der Waals surface area contributed by atoms with Gasteiger partial charge in [0, 0.05) is 74.3 Å². The number of aromatic amines is 3. The highest BCUT2D eigenvalue weighted by atomic mass is 16.2. The molecule has 0 aliphatic carbocycles. The Kier molecular flexibility index (Phi) is 21.8. The average molecular weight is 1190 g/mol. The normalized spacial score (nSPS) is 12.4. The summed E-state index contributed by atoms with van der Waals surface area (Å²) in [5.41, 5.74) is 30.3. The van der Waals surface area contributed by atoms with Crippen LogP contribution in [0.4, 0.5) is 17.1 Å². The van der Waals surface area contributed by atoms with Crippen LogP contribution in [0.15, 0.2) is 146 Å². The van der Waals surface area contributed by atoms with Crippen LogP contribution in [0, 0.1) is 20.8 Å². The number of nitrogens with two attached hydrogens (primary N) is 3. The standard InChI is InChI=1S/C70H82N12O6/c1-43-13-10-19-55-64(43)49(40-74-55)37-61(83)80-58(16-4-7-34-71)68(86)77-52-28-22-46(23-29-52)67(47-24-30-53(31-25-47)78-69(87)59(17-5-8-35-72)81-62(84)38-50-41-75-56-20-11-14-44(2)65(50)56)48-26-32-54(33-27-48)79-70(88)60(18-6-9-36-73)82-63(85)39-51-42-76-57-21-12-15-45(3)66(51)57/h10-15,19-33,40-42,58-60,67,74-76H,4-9,16-18,34-39,71-73H2,1-3H3,(H,77,86)(H,78,87)(H,79,88)(H,80,83)(H,81,84)(H,82,85)/t58-,59-,60-/m0/s1. The van der Waals surface area contributed by atoms with Gasteiger partial charge in [0.1, 0.15) is 18.1 Å². The first-order chi connectivity index (χ1) is 42.7. The molecule has 0 fully saturated rings. The fourth-order valence-electron chi connectivity index (χ4n) is 11.9. The molecule has 88 heavy (non-hydrogen) atoms. The molecule has 0 unspecified atom stereocenters. The van der Waals surface area contributed by atoms with Gasteiger partial charge in [0.2, 0.25) is 35.4 Å². The van der Waals surface area contributed by atoms with Crippen molar-refractivity contribution in [2.24, 2.45) is 17.2 Å².